The molecule has 76 valence electrons. The molecule has 1 amide bonds. The van der Waals surface area contributed by atoms with Crippen molar-refractivity contribution in [2.45, 2.75) is 12.8 Å². The van der Waals surface area contributed by atoms with Gasteiger partial charge in [0.2, 0.25) is 5.91 Å². The Morgan fingerprint density at radius 2 is 2.57 bits per heavy atom. The van der Waals surface area contributed by atoms with Crippen molar-refractivity contribution in [3.63, 3.8) is 0 Å². The summed E-state index contributed by atoms with van der Waals surface area (Å²) in [5, 5.41) is 10.4. The van der Waals surface area contributed by atoms with Gasteiger partial charge in [-0.15, -0.1) is 10.2 Å². The first kappa shape index (κ1) is 10.4. The molecule has 0 spiro atoms. The summed E-state index contributed by atoms with van der Waals surface area (Å²) < 4.78 is 1.84. The molecule has 0 saturated carbocycles. The molecule has 5 nitrogen and oxygen atoms in total. The number of aryl methyl sites for hydroxylation is 1. The molecular weight excluding hydrogens is 180 g/mol. The molecule has 0 saturated heterocycles. The number of carbonyl (C=O) groups excluding carboxylic acids is 1. The van der Waals surface area contributed by atoms with E-state index >= 15 is 0 Å². The van der Waals surface area contributed by atoms with Crippen LogP contribution in [0.2, 0.25) is 0 Å². The second-order valence-electron chi connectivity index (χ2n) is 3.15. The van der Waals surface area contributed by atoms with E-state index in [-0.39, 0.29) is 11.8 Å². The van der Waals surface area contributed by atoms with E-state index in [4.69, 9.17) is 0 Å². The van der Waals surface area contributed by atoms with E-state index in [1.165, 1.54) is 6.08 Å². The molecule has 1 heterocycles. The summed E-state index contributed by atoms with van der Waals surface area (Å²) in [5.41, 5.74) is 0. The highest BCUT2D eigenvalue weighted by molar-refractivity contribution is 5.86. The fourth-order valence-electron chi connectivity index (χ4n) is 1.16. The van der Waals surface area contributed by atoms with Gasteiger partial charge in [-0.25, -0.2) is 0 Å². The van der Waals surface area contributed by atoms with Crippen molar-refractivity contribution in [1.82, 2.24) is 20.1 Å². The maximum absolute atomic E-state index is 10.9. The fourth-order valence-corrected chi connectivity index (χ4v) is 1.16. The summed E-state index contributed by atoms with van der Waals surface area (Å²) in [6.07, 6.45) is 2.89. The van der Waals surface area contributed by atoms with Crippen LogP contribution < -0.4 is 5.32 Å². The molecule has 5 heteroatoms. The summed E-state index contributed by atoms with van der Waals surface area (Å²) >= 11 is 0. The van der Waals surface area contributed by atoms with Crippen LogP contribution in [0, 0.1) is 0 Å². The van der Waals surface area contributed by atoms with Gasteiger partial charge in [-0.05, 0) is 6.08 Å². The highest BCUT2D eigenvalue weighted by Crippen LogP contribution is 2.08. The van der Waals surface area contributed by atoms with Crippen molar-refractivity contribution in [2.24, 2.45) is 7.05 Å². The van der Waals surface area contributed by atoms with Gasteiger partial charge < -0.3 is 9.88 Å². The second-order valence-corrected chi connectivity index (χ2v) is 3.15. The van der Waals surface area contributed by atoms with Crippen molar-refractivity contribution < 1.29 is 4.79 Å². The third-order valence-corrected chi connectivity index (χ3v) is 1.96. The number of amides is 1. The highest BCUT2D eigenvalue weighted by atomic mass is 16.1. The maximum Gasteiger partial charge on any atom is 0.243 e. The molecule has 0 aliphatic heterocycles. The molecule has 0 aromatic carbocycles. The van der Waals surface area contributed by atoms with Crippen molar-refractivity contribution in [3.8, 4) is 0 Å². The van der Waals surface area contributed by atoms with Gasteiger partial charge in [0.15, 0.2) is 0 Å². The molecule has 0 aliphatic rings. The Labute approximate surface area is 82.8 Å². The van der Waals surface area contributed by atoms with E-state index < -0.39 is 0 Å². The van der Waals surface area contributed by atoms with Crippen molar-refractivity contribution in [1.29, 1.82) is 0 Å². The fraction of sp³-hybridized carbons (Fsp3) is 0.444. The number of rotatable bonds is 4. The predicted octanol–water partition coefficient (Wildman–Crippen LogP) is 0.221. The summed E-state index contributed by atoms with van der Waals surface area (Å²) in [4.78, 5) is 10.9. The van der Waals surface area contributed by atoms with Gasteiger partial charge >= 0.3 is 0 Å². The van der Waals surface area contributed by atoms with Crippen molar-refractivity contribution in [3.05, 3.63) is 24.8 Å². The first-order valence-corrected chi connectivity index (χ1v) is 4.39. The molecule has 1 unspecified atom stereocenters. The summed E-state index contributed by atoms with van der Waals surface area (Å²) in [7, 11) is 1.88. The zero-order valence-corrected chi connectivity index (χ0v) is 8.40. The number of nitrogens with zero attached hydrogens (tertiary/aromatic N) is 3. The van der Waals surface area contributed by atoms with Gasteiger partial charge in [-0.2, -0.15) is 0 Å². The highest BCUT2D eigenvalue weighted by Gasteiger charge is 2.11. The smallest absolute Gasteiger partial charge is 0.243 e. The molecule has 14 heavy (non-hydrogen) atoms. The Hall–Kier alpha value is -1.65. The lowest BCUT2D eigenvalue weighted by molar-refractivity contribution is -0.116. The predicted molar refractivity (Wildman–Crippen MR) is 52.6 cm³/mol. The van der Waals surface area contributed by atoms with E-state index in [1.54, 1.807) is 6.33 Å². The third kappa shape index (κ3) is 2.42. The number of aromatic nitrogens is 3. The number of hydrogen-bond acceptors (Lipinski definition) is 3. The van der Waals surface area contributed by atoms with Crippen LogP contribution in [0.25, 0.3) is 0 Å². The van der Waals surface area contributed by atoms with Gasteiger partial charge in [0.05, 0.1) is 0 Å². The molecule has 0 radical (unpaired) electrons. The van der Waals surface area contributed by atoms with Crippen molar-refractivity contribution >= 4 is 5.91 Å². The van der Waals surface area contributed by atoms with Crippen LogP contribution in [0.3, 0.4) is 0 Å². The zero-order chi connectivity index (χ0) is 10.6. The Balaban J connectivity index is 2.51. The van der Waals surface area contributed by atoms with E-state index in [9.17, 15) is 4.79 Å². The normalized spacial score (nSPS) is 12.1. The first-order valence-electron chi connectivity index (χ1n) is 4.39. The van der Waals surface area contributed by atoms with Crippen LogP contribution in [-0.2, 0) is 11.8 Å². The summed E-state index contributed by atoms with van der Waals surface area (Å²) in [6, 6.07) is 0. The minimum absolute atomic E-state index is 0.145. The molecule has 1 rings (SSSR count). The Morgan fingerprint density at radius 3 is 3.07 bits per heavy atom. The third-order valence-electron chi connectivity index (χ3n) is 1.96. The summed E-state index contributed by atoms with van der Waals surface area (Å²) in [5.74, 6) is 0.833. The molecule has 0 fully saturated rings. The quantitative estimate of drug-likeness (QED) is 0.697. The lowest BCUT2D eigenvalue weighted by Crippen LogP contribution is -2.26. The number of nitrogens with one attached hydrogen (secondary N) is 1. The van der Waals surface area contributed by atoms with Crippen LogP contribution in [0.1, 0.15) is 18.7 Å². The van der Waals surface area contributed by atoms with Gasteiger partial charge in [0.25, 0.3) is 0 Å². The molecule has 0 bridgehead atoms. The topological polar surface area (TPSA) is 59.8 Å². The lowest BCUT2D eigenvalue weighted by atomic mass is 10.1. The maximum atomic E-state index is 10.9. The van der Waals surface area contributed by atoms with Gasteiger partial charge in [-0.1, -0.05) is 13.5 Å². The Kier molecular flexibility index (Phi) is 3.39. The van der Waals surface area contributed by atoms with Gasteiger partial charge in [0.1, 0.15) is 12.2 Å². The van der Waals surface area contributed by atoms with Crippen molar-refractivity contribution in [2.75, 3.05) is 6.54 Å². The number of carbonyl (C=O) groups is 1. The van der Waals surface area contributed by atoms with Crippen LogP contribution in [-0.4, -0.2) is 27.2 Å². The Morgan fingerprint density at radius 1 is 1.86 bits per heavy atom. The first-order chi connectivity index (χ1) is 6.65. The van der Waals surface area contributed by atoms with Crippen LogP contribution >= 0.6 is 0 Å². The molecule has 0 aliphatic carbocycles. The minimum atomic E-state index is -0.168. The monoisotopic (exact) mass is 194 g/mol. The lowest BCUT2D eigenvalue weighted by Gasteiger charge is -2.10. The SMILES string of the molecule is C=CC(=O)NCC(C)c1nncn1C. The van der Waals surface area contributed by atoms with Gasteiger partial charge in [0, 0.05) is 19.5 Å². The Bertz CT molecular complexity index is 331. The standard InChI is InChI=1S/C9H14N4O/c1-4-8(14)10-5-7(2)9-12-11-6-13(9)3/h4,6-7H,1,5H2,2-3H3,(H,10,14). The van der Waals surface area contributed by atoms with Crippen LogP contribution in [0.4, 0.5) is 0 Å². The molecule has 1 aromatic heterocycles. The number of hydrogen-bond donors (Lipinski definition) is 1. The van der Waals surface area contributed by atoms with Gasteiger partial charge in [-0.3, -0.25) is 4.79 Å². The second kappa shape index (κ2) is 4.55. The van der Waals surface area contributed by atoms with E-state index in [0.717, 1.165) is 5.82 Å². The largest absolute Gasteiger partial charge is 0.352 e. The molecule has 1 N–H and O–H groups in total. The minimum Gasteiger partial charge on any atom is -0.352 e. The van der Waals surface area contributed by atoms with E-state index in [2.05, 4.69) is 22.1 Å². The van der Waals surface area contributed by atoms with Crippen LogP contribution in [0.5, 0.6) is 0 Å². The van der Waals surface area contributed by atoms with E-state index in [1.807, 2.05) is 18.5 Å². The molecule has 1 aromatic rings. The van der Waals surface area contributed by atoms with E-state index in [0.29, 0.717) is 6.54 Å². The molecule has 1 atom stereocenters. The van der Waals surface area contributed by atoms with Crippen LogP contribution in [0.15, 0.2) is 19.0 Å². The average Bonchev–Trinajstić information content (AvgIpc) is 2.60. The molecular formula is C9H14N4O. The average molecular weight is 194 g/mol. The summed E-state index contributed by atoms with van der Waals surface area (Å²) in [6.45, 7) is 5.89. The zero-order valence-electron chi connectivity index (χ0n) is 8.40.